The minimum atomic E-state index is 0.131. The van der Waals surface area contributed by atoms with E-state index in [-0.39, 0.29) is 5.91 Å². The summed E-state index contributed by atoms with van der Waals surface area (Å²) in [7, 11) is 0. The highest BCUT2D eigenvalue weighted by atomic mass is 32.1. The Bertz CT molecular complexity index is 708. The Hall–Kier alpha value is -1.79. The fourth-order valence-corrected chi connectivity index (χ4v) is 4.34. The lowest BCUT2D eigenvalue weighted by molar-refractivity contribution is -0.121. The third-order valence-electron chi connectivity index (χ3n) is 4.96. The van der Waals surface area contributed by atoms with E-state index >= 15 is 0 Å². The molecule has 0 atom stereocenters. The van der Waals surface area contributed by atoms with Crippen molar-refractivity contribution in [1.29, 1.82) is 0 Å². The van der Waals surface area contributed by atoms with E-state index in [1.54, 1.807) is 17.5 Å². The van der Waals surface area contributed by atoms with E-state index in [9.17, 15) is 4.79 Å². The first-order valence-electron chi connectivity index (χ1n) is 9.95. The van der Waals surface area contributed by atoms with Crippen LogP contribution >= 0.6 is 11.3 Å². The number of carbonyl (C=O) groups is 1. The summed E-state index contributed by atoms with van der Waals surface area (Å²) in [6.45, 7) is 8.86. The van der Waals surface area contributed by atoms with Crippen LogP contribution in [0.3, 0.4) is 0 Å². The van der Waals surface area contributed by atoms with Gasteiger partial charge in [-0.15, -0.1) is 11.3 Å². The Morgan fingerprint density at radius 3 is 2.85 bits per heavy atom. The van der Waals surface area contributed by atoms with Crippen molar-refractivity contribution in [2.45, 2.75) is 39.5 Å². The van der Waals surface area contributed by atoms with Gasteiger partial charge in [-0.3, -0.25) is 9.78 Å². The van der Waals surface area contributed by atoms with Gasteiger partial charge in [0.25, 0.3) is 0 Å². The van der Waals surface area contributed by atoms with Crippen LogP contribution in [0.25, 0.3) is 10.7 Å². The number of hydrogen-bond donors (Lipinski definition) is 1. The van der Waals surface area contributed by atoms with Crippen molar-refractivity contribution in [2.75, 3.05) is 26.2 Å². The molecule has 1 fully saturated rings. The van der Waals surface area contributed by atoms with E-state index in [4.69, 9.17) is 0 Å². The Morgan fingerprint density at radius 1 is 1.33 bits per heavy atom. The molecule has 1 N–H and O–H groups in total. The molecule has 0 aromatic carbocycles. The SMILES string of the molecule is CC(C)CN1CCC(CNC(=O)CCc2csc(-c3ccccn3)n2)CC1. The summed E-state index contributed by atoms with van der Waals surface area (Å²) in [4.78, 5) is 23.7. The molecule has 3 heterocycles. The second-order valence-corrected chi connectivity index (χ2v) is 8.66. The lowest BCUT2D eigenvalue weighted by atomic mass is 9.96. The molecule has 0 bridgehead atoms. The highest BCUT2D eigenvalue weighted by Crippen LogP contribution is 2.22. The lowest BCUT2D eigenvalue weighted by Gasteiger charge is -2.33. The van der Waals surface area contributed by atoms with Crippen molar-refractivity contribution in [3.63, 3.8) is 0 Å². The topological polar surface area (TPSA) is 58.1 Å². The summed E-state index contributed by atoms with van der Waals surface area (Å²) >= 11 is 1.58. The molecule has 1 aliphatic heterocycles. The maximum atomic E-state index is 12.2. The van der Waals surface area contributed by atoms with E-state index in [1.165, 1.54) is 19.4 Å². The van der Waals surface area contributed by atoms with Crippen LogP contribution in [-0.2, 0) is 11.2 Å². The fourth-order valence-electron chi connectivity index (χ4n) is 3.51. The van der Waals surface area contributed by atoms with Crippen LogP contribution in [0.5, 0.6) is 0 Å². The first-order valence-corrected chi connectivity index (χ1v) is 10.8. The molecule has 0 unspecified atom stereocenters. The summed E-state index contributed by atoms with van der Waals surface area (Å²) in [6.07, 6.45) is 5.33. The summed E-state index contributed by atoms with van der Waals surface area (Å²) in [5, 5.41) is 6.07. The van der Waals surface area contributed by atoms with E-state index < -0.39 is 0 Å². The summed E-state index contributed by atoms with van der Waals surface area (Å²) in [5.41, 5.74) is 1.86. The molecule has 27 heavy (non-hydrogen) atoms. The Balaban J connectivity index is 1.35. The highest BCUT2D eigenvalue weighted by Gasteiger charge is 2.20. The number of aryl methyl sites for hydroxylation is 1. The zero-order chi connectivity index (χ0) is 19.1. The van der Waals surface area contributed by atoms with Crippen molar-refractivity contribution in [2.24, 2.45) is 11.8 Å². The van der Waals surface area contributed by atoms with Gasteiger partial charge in [-0.05, 0) is 56.3 Å². The van der Waals surface area contributed by atoms with Gasteiger partial charge in [-0.25, -0.2) is 4.98 Å². The minimum absolute atomic E-state index is 0.131. The largest absolute Gasteiger partial charge is 0.356 e. The number of amides is 1. The number of thiazole rings is 1. The number of pyridine rings is 1. The van der Waals surface area contributed by atoms with Crippen molar-refractivity contribution in [3.05, 3.63) is 35.5 Å². The molecule has 1 amide bonds. The third-order valence-corrected chi connectivity index (χ3v) is 5.88. The Morgan fingerprint density at radius 2 is 2.15 bits per heavy atom. The van der Waals surface area contributed by atoms with Crippen LogP contribution in [-0.4, -0.2) is 47.0 Å². The van der Waals surface area contributed by atoms with Gasteiger partial charge in [0.2, 0.25) is 5.91 Å². The number of carbonyl (C=O) groups excluding carboxylic acids is 1. The molecule has 0 radical (unpaired) electrons. The van der Waals surface area contributed by atoms with Crippen LogP contribution < -0.4 is 5.32 Å². The average molecular weight is 387 g/mol. The Kier molecular flexibility index (Phi) is 7.35. The van der Waals surface area contributed by atoms with Gasteiger partial charge in [0.1, 0.15) is 5.01 Å². The molecule has 1 aliphatic rings. The molecule has 5 nitrogen and oxygen atoms in total. The number of likely N-dealkylation sites (tertiary alicyclic amines) is 1. The normalized spacial score (nSPS) is 16.0. The van der Waals surface area contributed by atoms with Gasteiger partial charge in [0.05, 0.1) is 11.4 Å². The first kappa shape index (κ1) is 20.0. The van der Waals surface area contributed by atoms with Gasteiger partial charge in [-0.1, -0.05) is 19.9 Å². The van der Waals surface area contributed by atoms with Crippen LogP contribution in [0.2, 0.25) is 0 Å². The number of aromatic nitrogens is 2. The number of hydrogen-bond acceptors (Lipinski definition) is 5. The molecule has 6 heteroatoms. The molecule has 2 aromatic rings. The quantitative estimate of drug-likeness (QED) is 0.753. The zero-order valence-electron chi connectivity index (χ0n) is 16.4. The summed E-state index contributed by atoms with van der Waals surface area (Å²) in [5.74, 6) is 1.48. The smallest absolute Gasteiger partial charge is 0.220 e. The monoisotopic (exact) mass is 386 g/mol. The number of nitrogens with zero attached hydrogens (tertiary/aromatic N) is 3. The molecule has 1 saturated heterocycles. The molecule has 0 spiro atoms. The van der Waals surface area contributed by atoms with Crippen molar-refractivity contribution < 1.29 is 4.79 Å². The lowest BCUT2D eigenvalue weighted by Crippen LogP contribution is -2.40. The van der Waals surface area contributed by atoms with E-state index in [0.717, 1.165) is 41.9 Å². The van der Waals surface area contributed by atoms with E-state index in [2.05, 4.69) is 34.0 Å². The van der Waals surface area contributed by atoms with Crippen molar-refractivity contribution in [1.82, 2.24) is 20.2 Å². The van der Waals surface area contributed by atoms with Gasteiger partial charge >= 0.3 is 0 Å². The third kappa shape index (κ3) is 6.40. The average Bonchev–Trinajstić information content (AvgIpc) is 3.15. The molecular formula is C21H30N4OS. The maximum Gasteiger partial charge on any atom is 0.220 e. The van der Waals surface area contributed by atoms with Gasteiger partial charge < -0.3 is 10.2 Å². The predicted molar refractivity (Wildman–Crippen MR) is 111 cm³/mol. The second-order valence-electron chi connectivity index (χ2n) is 7.80. The molecule has 3 rings (SSSR count). The molecule has 0 aliphatic carbocycles. The van der Waals surface area contributed by atoms with Crippen molar-refractivity contribution in [3.8, 4) is 10.7 Å². The summed E-state index contributed by atoms with van der Waals surface area (Å²) in [6, 6.07) is 5.82. The molecule has 146 valence electrons. The number of rotatable bonds is 8. The molecule has 2 aromatic heterocycles. The van der Waals surface area contributed by atoms with E-state index in [1.807, 2.05) is 23.6 Å². The van der Waals surface area contributed by atoms with Crippen LogP contribution in [0.15, 0.2) is 29.8 Å². The van der Waals surface area contributed by atoms with Crippen LogP contribution in [0, 0.1) is 11.8 Å². The fraction of sp³-hybridized carbons (Fsp3) is 0.571. The van der Waals surface area contributed by atoms with Gasteiger partial charge in [-0.2, -0.15) is 0 Å². The van der Waals surface area contributed by atoms with Gasteiger partial charge in [0, 0.05) is 31.1 Å². The first-order chi connectivity index (χ1) is 13.1. The van der Waals surface area contributed by atoms with Crippen LogP contribution in [0.4, 0.5) is 0 Å². The maximum absolute atomic E-state index is 12.2. The van der Waals surface area contributed by atoms with Crippen molar-refractivity contribution >= 4 is 17.2 Å². The number of piperidine rings is 1. The van der Waals surface area contributed by atoms with Gasteiger partial charge in [0.15, 0.2) is 0 Å². The zero-order valence-corrected chi connectivity index (χ0v) is 17.2. The minimum Gasteiger partial charge on any atom is -0.356 e. The Labute approximate surface area is 166 Å². The summed E-state index contributed by atoms with van der Waals surface area (Å²) < 4.78 is 0. The number of nitrogens with one attached hydrogen (secondary N) is 1. The van der Waals surface area contributed by atoms with Crippen LogP contribution in [0.1, 0.15) is 38.8 Å². The standard InChI is InChI=1S/C21H30N4OS/c1-16(2)14-25-11-8-17(9-12-25)13-23-20(26)7-6-18-15-27-21(24-18)19-5-3-4-10-22-19/h3-5,10,15-17H,6-9,11-14H2,1-2H3,(H,23,26). The second kappa shape index (κ2) is 9.95. The predicted octanol–water partition coefficient (Wildman–Crippen LogP) is 3.62. The molecule has 0 saturated carbocycles. The molecular weight excluding hydrogens is 356 g/mol. The highest BCUT2D eigenvalue weighted by molar-refractivity contribution is 7.13. The van der Waals surface area contributed by atoms with E-state index in [0.29, 0.717) is 18.8 Å².